The number of nitrogens with two attached hydrogens (primary N) is 2. The number of sulfone groups is 1. The van der Waals surface area contributed by atoms with Crippen LogP contribution in [-0.2, 0) is 9.84 Å². The zero-order chi connectivity index (χ0) is 20.8. The Bertz CT molecular complexity index is 684. The second kappa shape index (κ2) is 13.6. The monoisotopic (exact) mass is 415 g/mol. The van der Waals surface area contributed by atoms with Gasteiger partial charge in [0.15, 0.2) is 0 Å². The first-order valence-electron chi connectivity index (χ1n) is 9.75. The molecule has 0 fully saturated rings. The highest BCUT2D eigenvalue weighted by Gasteiger charge is 2.30. The largest absolute Gasteiger partial charge is 0.330 e. The van der Waals surface area contributed by atoms with Crippen LogP contribution in [0.25, 0.3) is 0 Å². The highest BCUT2D eigenvalue weighted by atomic mass is 32.2. The molecule has 1 unspecified atom stereocenters. The summed E-state index contributed by atoms with van der Waals surface area (Å²) in [6.07, 6.45) is 5.07. The van der Waals surface area contributed by atoms with E-state index in [9.17, 15) is 18.5 Å². The molecular formula is C18H33N5O4S. The van der Waals surface area contributed by atoms with E-state index in [1.54, 1.807) is 0 Å². The standard InChI is InChI=1S/C18H33N5O4S/c19-11-3-4-12-21-13-5-6-14-22-15-7-10-18(20)28(26,27)17-9-2-1-8-16(17)23(24)25/h1-2,8-9,18,21-22H,3-7,10-15,19-20H2. The summed E-state index contributed by atoms with van der Waals surface area (Å²) in [7, 11) is -3.94. The van der Waals surface area contributed by atoms with Crippen LogP contribution in [0, 0.1) is 10.1 Å². The molecule has 0 spiro atoms. The Morgan fingerprint density at radius 1 is 0.964 bits per heavy atom. The maximum atomic E-state index is 12.5. The Kier molecular flexibility index (Phi) is 11.8. The molecule has 0 aliphatic carbocycles. The molecule has 10 heteroatoms. The van der Waals surface area contributed by atoms with E-state index in [4.69, 9.17) is 11.5 Å². The number of nitro benzene ring substituents is 1. The normalized spacial score (nSPS) is 12.8. The number of benzene rings is 1. The van der Waals surface area contributed by atoms with Crippen LogP contribution in [0.15, 0.2) is 29.2 Å². The Labute approximate surface area is 167 Å². The fraction of sp³-hybridized carbons (Fsp3) is 0.667. The van der Waals surface area contributed by atoms with Gasteiger partial charge in [-0.15, -0.1) is 0 Å². The van der Waals surface area contributed by atoms with Crippen LogP contribution in [0.3, 0.4) is 0 Å². The smallest absolute Gasteiger partial charge is 0.288 e. The molecule has 0 amide bonds. The maximum Gasteiger partial charge on any atom is 0.288 e. The van der Waals surface area contributed by atoms with Gasteiger partial charge >= 0.3 is 0 Å². The van der Waals surface area contributed by atoms with Gasteiger partial charge in [-0.05, 0) is 77.3 Å². The lowest BCUT2D eigenvalue weighted by atomic mass is 10.2. The average molecular weight is 416 g/mol. The van der Waals surface area contributed by atoms with Crippen molar-refractivity contribution in [2.75, 3.05) is 32.7 Å². The zero-order valence-electron chi connectivity index (χ0n) is 16.3. The topological polar surface area (TPSA) is 153 Å². The molecule has 28 heavy (non-hydrogen) atoms. The van der Waals surface area contributed by atoms with Crippen molar-refractivity contribution in [1.29, 1.82) is 0 Å². The quantitative estimate of drug-likeness (QED) is 0.178. The second-order valence-electron chi connectivity index (χ2n) is 6.65. The van der Waals surface area contributed by atoms with Crippen molar-refractivity contribution in [3.8, 4) is 0 Å². The maximum absolute atomic E-state index is 12.5. The minimum atomic E-state index is -3.94. The number of hydrogen-bond acceptors (Lipinski definition) is 8. The number of nitrogens with zero attached hydrogens (tertiary/aromatic N) is 1. The lowest BCUT2D eigenvalue weighted by molar-refractivity contribution is -0.387. The van der Waals surface area contributed by atoms with Crippen molar-refractivity contribution in [3.63, 3.8) is 0 Å². The number of nitro groups is 1. The zero-order valence-corrected chi connectivity index (χ0v) is 17.1. The summed E-state index contributed by atoms with van der Waals surface area (Å²) in [5.41, 5.74) is 10.8. The van der Waals surface area contributed by atoms with Crippen LogP contribution in [0.5, 0.6) is 0 Å². The van der Waals surface area contributed by atoms with E-state index in [0.29, 0.717) is 13.0 Å². The number of hydrogen-bond donors (Lipinski definition) is 4. The molecule has 0 saturated carbocycles. The molecule has 9 nitrogen and oxygen atoms in total. The van der Waals surface area contributed by atoms with Gasteiger partial charge in [0.05, 0.1) is 4.92 Å². The number of para-hydroxylation sites is 1. The lowest BCUT2D eigenvalue weighted by Crippen LogP contribution is -2.32. The van der Waals surface area contributed by atoms with Gasteiger partial charge < -0.3 is 22.1 Å². The molecule has 0 aliphatic heterocycles. The molecule has 0 aliphatic rings. The highest BCUT2D eigenvalue weighted by molar-refractivity contribution is 7.92. The predicted octanol–water partition coefficient (Wildman–Crippen LogP) is 1.13. The van der Waals surface area contributed by atoms with E-state index in [1.165, 1.54) is 24.3 Å². The Balaban J connectivity index is 2.23. The van der Waals surface area contributed by atoms with E-state index in [1.807, 2.05) is 0 Å². The average Bonchev–Trinajstić information content (AvgIpc) is 2.68. The summed E-state index contributed by atoms with van der Waals surface area (Å²) in [6, 6.07) is 5.30. The van der Waals surface area contributed by atoms with E-state index >= 15 is 0 Å². The molecule has 0 radical (unpaired) electrons. The fourth-order valence-corrected chi connectivity index (χ4v) is 4.24. The third kappa shape index (κ3) is 8.61. The predicted molar refractivity (Wildman–Crippen MR) is 111 cm³/mol. The van der Waals surface area contributed by atoms with Gasteiger partial charge in [0.1, 0.15) is 10.3 Å². The van der Waals surface area contributed by atoms with Gasteiger partial charge in [-0.2, -0.15) is 0 Å². The van der Waals surface area contributed by atoms with Gasteiger partial charge in [0, 0.05) is 6.07 Å². The van der Waals surface area contributed by atoms with Crippen molar-refractivity contribution < 1.29 is 13.3 Å². The van der Waals surface area contributed by atoms with Crippen LogP contribution >= 0.6 is 0 Å². The molecule has 6 N–H and O–H groups in total. The van der Waals surface area contributed by atoms with Gasteiger partial charge in [-0.25, -0.2) is 8.42 Å². The highest BCUT2D eigenvalue weighted by Crippen LogP contribution is 2.26. The van der Waals surface area contributed by atoms with Crippen molar-refractivity contribution in [1.82, 2.24) is 10.6 Å². The van der Waals surface area contributed by atoms with Crippen molar-refractivity contribution in [3.05, 3.63) is 34.4 Å². The number of unbranched alkanes of at least 4 members (excludes halogenated alkanes) is 2. The van der Waals surface area contributed by atoms with Gasteiger partial charge in [0.2, 0.25) is 9.84 Å². The van der Waals surface area contributed by atoms with Crippen LogP contribution in [0.4, 0.5) is 5.69 Å². The van der Waals surface area contributed by atoms with Crippen molar-refractivity contribution >= 4 is 15.5 Å². The van der Waals surface area contributed by atoms with Gasteiger partial charge in [0.25, 0.3) is 5.69 Å². The van der Waals surface area contributed by atoms with Crippen molar-refractivity contribution in [2.24, 2.45) is 11.5 Å². The summed E-state index contributed by atoms with van der Waals surface area (Å²) in [5, 5.41) is 16.5. The van der Waals surface area contributed by atoms with Crippen LogP contribution in [-0.4, -0.2) is 51.4 Å². The molecule has 1 rings (SSSR count). The van der Waals surface area contributed by atoms with Crippen LogP contribution in [0.2, 0.25) is 0 Å². The Morgan fingerprint density at radius 3 is 2.07 bits per heavy atom. The number of rotatable bonds is 16. The minimum Gasteiger partial charge on any atom is -0.330 e. The first-order chi connectivity index (χ1) is 13.4. The van der Waals surface area contributed by atoms with E-state index < -0.39 is 25.8 Å². The molecule has 0 bridgehead atoms. The SMILES string of the molecule is NCCCCNCCCCNCCCC(N)S(=O)(=O)c1ccccc1[N+](=O)[O-]. The summed E-state index contributed by atoms with van der Waals surface area (Å²) in [5.74, 6) is 0. The number of nitrogens with one attached hydrogen (secondary N) is 2. The van der Waals surface area contributed by atoms with Gasteiger partial charge in [-0.3, -0.25) is 10.1 Å². The molecule has 1 aromatic rings. The van der Waals surface area contributed by atoms with E-state index in [-0.39, 0.29) is 11.3 Å². The van der Waals surface area contributed by atoms with Crippen LogP contribution < -0.4 is 22.1 Å². The first-order valence-corrected chi connectivity index (χ1v) is 11.3. The molecule has 1 aromatic carbocycles. The molecule has 0 saturated heterocycles. The summed E-state index contributed by atoms with van der Waals surface area (Å²) >= 11 is 0. The molecule has 0 heterocycles. The molecule has 160 valence electrons. The lowest BCUT2D eigenvalue weighted by Gasteiger charge is -2.13. The first kappa shape index (κ1) is 24.4. The molecule has 0 aromatic heterocycles. The third-order valence-electron chi connectivity index (χ3n) is 4.37. The summed E-state index contributed by atoms with van der Waals surface area (Å²) < 4.78 is 25.1. The van der Waals surface area contributed by atoms with Gasteiger partial charge in [-0.1, -0.05) is 12.1 Å². The van der Waals surface area contributed by atoms with E-state index in [2.05, 4.69) is 10.6 Å². The fourth-order valence-electron chi connectivity index (χ4n) is 2.74. The summed E-state index contributed by atoms with van der Waals surface area (Å²) in [4.78, 5) is 10.0. The summed E-state index contributed by atoms with van der Waals surface area (Å²) in [6.45, 7) is 4.22. The molecule has 1 atom stereocenters. The Morgan fingerprint density at radius 2 is 1.50 bits per heavy atom. The second-order valence-corrected chi connectivity index (χ2v) is 8.79. The minimum absolute atomic E-state index is 0.240. The van der Waals surface area contributed by atoms with E-state index in [0.717, 1.165) is 51.9 Å². The Hall–Kier alpha value is -1.59. The molecular weight excluding hydrogens is 382 g/mol. The van der Waals surface area contributed by atoms with Crippen LogP contribution in [0.1, 0.15) is 38.5 Å². The van der Waals surface area contributed by atoms with Crippen molar-refractivity contribution in [2.45, 2.75) is 48.8 Å². The third-order valence-corrected chi connectivity index (χ3v) is 6.37.